The molecule has 1 aromatic heterocycles. The summed E-state index contributed by atoms with van der Waals surface area (Å²) in [6.07, 6.45) is 0. The van der Waals surface area contributed by atoms with Gasteiger partial charge in [-0.3, -0.25) is 0 Å². The molecule has 0 fully saturated rings. The maximum atomic E-state index is 5.71. The summed E-state index contributed by atoms with van der Waals surface area (Å²) in [6, 6.07) is 17.3. The number of nitrogens with one attached hydrogen (secondary N) is 2. The number of aryl methyl sites for hydroxylation is 1. The summed E-state index contributed by atoms with van der Waals surface area (Å²) in [5, 5.41) is 6.54. The molecule has 0 saturated heterocycles. The molecule has 0 aliphatic carbocycles. The van der Waals surface area contributed by atoms with Crippen molar-refractivity contribution in [3.63, 3.8) is 0 Å². The van der Waals surface area contributed by atoms with Crippen LogP contribution in [0.5, 0.6) is 17.2 Å². The van der Waals surface area contributed by atoms with Crippen LogP contribution in [-0.2, 0) is 6.54 Å². The van der Waals surface area contributed by atoms with Crippen molar-refractivity contribution in [3.05, 3.63) is 65.9 Å². The first-order chi connectivity index (χ1) is 14.2. The van der Waals surface area contributed by atoms with Crippen LogP contribution >= 0.6 is 0 Å². The van der Waals surface area contributed by atoms with Crippen LogP contribution in [0.4, 0.5) is 11.8 Å². The minimum absolute atomic E-state index is 0.498. The highest BCUT2D eigenvalue weighted by molar-refractivity contribution is 5.43. The molecule has 7 nitrogen and oxygen atoms in total. The van der Waals surface area contributed by atoms with E-state index in [2.05, 4.69) is 20.6 Å². The molecule has 0 atom stereocenters. The lowest BCUT2D eigenvalue weighted by Crippen LogP contribution is -2.14. The van der Waals surface area contributed by atoms with E-state index in [-0.39, 0.29) is 0 Å². The van der Waals surface area contributed by atoms with E-state index in [0.717, 1.165) is 34.3 Å². The van der Waals surface area contributed by atoms with Crippen molar-refractivity contribution in [3.8, 4) is 17.2 Å². The van der Waals surface area contributed by atoms with Crippen LogP contribution in [0, 0.1) is 6.92 Å². The molecule has 2 N–H and O–H groups in total. The fourth-order valence-electron chi connectivity index (χ4n) is 2.68. The third kappa shape index (κ3) is 6.27. The summed E-state index contributed by atoms with van der Waals surface area (Å²) >= 11 is 0. The van der Waals surface area contributed by atoms with Crippen molar-refractivity contribution in [2.24, 2.45) is 0 Å². The van der Waals surface area contributed by atoms with Gasteiger partial charge in [0.1, 0.15) is 29.7 Å². The second kappa shape index (κ2) is 10.2. The molecule has 29 heavy (non-hydrogen) atoms. The predicted octanol–water partition coefficient (Wildman–Crippen LogP) is 3.91. The maximum absolute atomic E-state index is 5.71. The average Bonchev–Trinajstić information content (AvgIpc) is 2.76. The molecule has 0 aliphatic heterocycles. The monoisotopic (exact) mass is 394 g/mol. The number of anilines is 2. The molecule has 1 heterocycles. The van der Waals surface area contributed by atoms with E-state index < -0.39 is 0 Å². The number of benzene rings is 2. The van der Waals surface area contributed by atoms with Crippen LogP contribution in [0.1, 0.15) is 11.3 Å². The molecule has 152 valence electrons. The number of nitrogens with zero attached hydrogens (tertiary/aromatic N) is 2. The van der Waals surface area contributed by atoms with E-state index in [1.54, 1.807) is 14.2 Å². The van der Waals surface area contributed by atoms with Gasteiger partial charge in [-0.1, -0.05) is 12.1 Å². The minimum Gasteiger partial charge on any atom is -0.497 e. The van der Waals surface area contributed by atoms with Gasteiger partial charge in [-0.05, 0) is 48.9 Å². The number of ether oxygens (including phenoxy) is 3. The Balaban J connectivity index is 1.48. The van der Waals surface area contributed by atoms with Crippen LogP contribution in [0.2, 0.25) is 0 Å². The number of aromatic nitrogens is 2. The fourth-order valence-corrected chi connectivity index (χ4v) is 2.68. The Bertz CT molecular complexity index is 899. The minimum atomic E-state index is 0.498. The molecule has 3 aromatic rings. The van der Waals surface area contributed by atoms with Gasteiger partial charge >= 0.3 is 0 Å². The van der Waals surface area contributed by atoms with Crippen LogP contribution in [0.15, 0.2) is 54.6 Å². The topological polar surface area (TPSA) is 77.5 Å². The summed E-state index contributed by atoms with van der Waals surface area (Å²) in [5.74, 6) is 3.78. The van der Waals surface area contributed by atoms with Gasteiger partial charge in [-0.2, -0.15) is 4.98 Å². The molecule has 3 rings (SSSR count). The number of rotatable bonds is 10. The van der Waals surface area contributed by atoms with E-state index in [9.17, 15) is 0 Å². The lowest BCUT2D eigenvalue weighted by atomic mass is 10.2. The normalized spacial score (nSPS) is 10.3. The first-order valence-corrected chi connectivity index (χ1v) is 9.39. The van der Waals surface area contributed by atoms with E-state index in [4.69, 9.17) is 14.2 Å². The highest BCUT2D eigenvalue weighted by atomic mass is 16.5. The van der Waals surface area contributed by atoms with E-state index in [0.29, 0.717) is 25.6 Å². The molecule has 0 bridgehead atoms. The highest BCUT2D eigenvalue weighted by Crippen LogP contribution is 2.17. The molecular formula is C22H26N4O3. The zero-order valence-electron chi connectivity index (χ0n) is 16.9. The Morgan fingerprint density at radius 3 is 2.07 bits per heavy atom. The van der Waals surface area contributed by atoms with Crippen LogP contribution in [0.25, 0.3) is 0 Å². The molecule has 0 saturated carbocycles. The van der Waals surface area contributed by atoms with Gasteiger partial charge in [0.2, 0.25) is 5.95 Å². The molecule has 0 unspecified atom stereocenters. The maximum Gasteiger partial charge on any atom is 0.224 e. The summed E-state index contributed by atoms with van der Waals surface area (Å²) in [6.45, 7) is 3.70. The van der Waals surface area contributed by atoms with Crippen LogP contribution < -0.4 is 24.8 Å². The van der Waals surface area contributed by atoms with Gasteiger partial charge in [-0.25, -0.2) is 4.98 Å². The second-order valence-electron chi connectivity index (χ2n) is 6.37. The van der Waals surface area contributed by atoms with Gasteiger partial charge in [-0.15, -0.1) is 0 Å². The lowest BCUT2D eigenvalue weighted by Gasteiger charge is -2.11. The summed E-state index contributed by atoms with van der Waals surface area (Å²) in [7, 11) is 3.30. The molecule has 2 aromatic carbocycles. The van der Waals surface area contributed by atoms with Crippen molar-refractivity contribution < 1.29 is 14.2 Å². The highest BCUT2D eigenvalue weighted by Gasteiger charge is 2.03. The average molecular weight is 394 g/mol. The van der Waals surface area contributed by atoms with Crippen molar-refractivity contribution in [1.82, 2.24) is 9.97 Å². The van der Waals surface area contributed by atoms with Crippen molar-refractivity contribution >= 4 is 11.8 Å². The smallest absolute Gasteiger partial charge is 0.224 e. The Hall–Kier alpha value is -3.48. The second-order valence-corrected chi connectivity index (χ2v) is 6.37. The molecule has 0 spiro atoms. The van der Waals surface area contributed by atoms with E-state index >= 15 is 0 Å². The summed E-state index contributed by atoms with van der Waals surface area (Å²) in [5.41, 5.74) is 2.03. The Morgan fingerprint density at radius 2 is 1.41 bits per heavy atom. The number of hydrogen-bond donors (Lipinski definition) is 2. The Labute approximate surface area is 171 Å². The van der Waals surface area contributed by atoms with Gasteiger partial charge in [0, 0.05) is 18.3 Å². The van der Waals surface area contributed by atoms with Gasteiger partial charge in [0.25, 0.3) is 0 Å². The molecule has 0 aliphatic rings. The zero-order valence-corrected chi connectivity index (χ0v) is 16.9. The van der Waals surface area contributed by atoms with Gasteiger partial charge in [0.05, 0.1) is 20.8 Å². The standard InChI is InChI=1S/C22H26N4O3/c1-16-14-21(24-15-17-4-6-18(27-2)7-5-17)26-22(25-16)23-12-13-29-20-10-8-19(28-3)9-11-20/h4-11,14H,12-13,15H2,1-3H3,(H2,23,24,25,26). The fraction of sp³-hybridized carbons (Fsp3) is 0.273. The molecule has 0 amide bonds. The van der Waals surface area contributed by atoms with Gasteiger partial charge < -0.3 is 24.8 Å². The zero-order chi connectivity index (χ0) is 20.5. The van der Waals surface area contributed by atoms with Crippen LogP contribution in [0.3, 0.4) is 0 Å². The molecular weight excluding hydrogens is 368 g/mol. The summed E-state index contributed by atoms with van der Waals surface area (Å²) < 4.78 is 16.0. The van der Waals surface area contributed by atoms with Crippen molar-refractivity contribution in [2.75, 3.05) is 38.0 Å². The van der Waals surface area contributed by atoms with Gasteiger partial charge in [0.15, 0.2) is 0 Å². The number of hydrogen-bond acceptors (Lipinski definition) is 7. The van der Waals surface area contributed by atoms with Crippen LogP contribution in [-0.4, -0.2) is 37.3 Å². The first-order valence-electron chi connectivity index (χ1n) is 9.39. The Kier molecular flexibility index (Phi) is 7.10. The molecule has 0 radical (unpaired) electrons. The van der Waals surface area contributed by atoms with Crippen molar-refractivity contribution in [2.45, 2.75) is 13.5 Å². The largest absolute Gasteiger partial charge is 0.497 e. The van der Waals surface area contributed by atoms with E-state index in [1.807, 2.05) is 61.5 Å². The van der Waals surface area contributed by atoms with Crippen molar-refractivity contribution in [1.29, 1.82) is 0 Å². The third-order valence-corrected chi connectivity index (χ3v) is 4.20. The number of methoxy groups -OCH3 is 2. The quantitative estimate of drug-likeness (QED) is 0.505. The SMILES string of the molecule is COc1ccc(CNc2cc(C)nc(NCCOc3ccc(OC)cc3)n2)cc1. The first kappa shape index (κ1) is 20.3. The summed E-state index contributed by atoms with van der Waals surface area (Å²) in [4.78, 5) is 8.95. The lowest BCUT2D eigenvalue weighted by molar-refractivity contribution is 0.331. The Morgan fingerprint density at radius 1 is 0.793 bits per heavy atom. The van der Waals surface area contributed by atoms with E-state index in [1.165, 1.54) is 0 Å². The predicted molar refractivity (Wildman–Crippen MR) is 114 cm³/mol. The molecule has 7 heteroatoms. The third-order valence-electron chi connectivity index (χ3n) is 4.20.